The summed E-state index contributed by atoms with van der Waals surface area (Å²) in [5, 5.41) is 3.44. The molecule has 0 atom stereocenters. The highest BCUT2D eigenvalue weighted by Gasteiger charge is 2.06. The highest BCUT2D eigenvalue weighted by molar-refractivity contribution is 6.33. The third kappa shape index (κ3) is 3.00. The predicted octanol–water partition coefficient (Wildman–Crippen LogP) is 3.07. The first kappa shape index (κ1) is 12.9. The number of hydrogen-bond donors (Lipinski definition) is 1. The topological polar surface area (TPSA) is 39.1 Å². The Bertz CT molecular complexity index is 530. The second-order valence-corrected chi connectivity index (χ2v) is 4.09. The van der Waals surface area contributed by atoms with E-state index in [9.17, 15) is 4.39 Å². The zero-order valence-electron chi connectivity index (χ0n) is 9.86. The molecule has 0 fully saturated rings. The molecule has 1 N–H and O–H groups in total. The molecule has 0 saturated carbocycles. The van der Waals surface area contributed by atoms with Crippen molar-refractivity contribution < 1.29 is 9.13 Å². The molecule has 0 radical (unpaired) electrons. The molecule has 18 heavy (non-hydrogen) atoms. The highest BCUT2D eigenvalue weighted by atomic mass is 35.5. The first-order chi connectivity index (χ1) is 8.70. The molecule has 0 bridgehead atoms. The van der Waals surface area contributed by atoms with Gasteiger partial charge in [-0.1, -0.05) is 11.6 Å². The molecule has 6 heteroatoms. The SMILES string of the molecule is COCCn1ccnc1Nc1cc(F)ccc1Cl. The summed E-state index contributed by atoms with van der Waals surface area (Å²) >= 11 is 5.98. The molecule has 96 valence electrons. The third-order valence-corrected chi connectivity index (χ3v) is 2.76. The number of benzene rings is 1. The first-order valence-corrected chi connectivity index (χ1v) is 5.80. The van der Waals surface area contributed by atoms with Crippen molar-refractivity contribution in [2.75, 3.05) is 19.0 Å². The molecule has 0 amide bonds. The minimum absolute atomic E-state index is 0.350. The Morgan fingerprint density at radius 2 is 2.33 bits per heavy atom. The lowest BCUT2D eigenvalue weighted by Crippen LogP contribution is -2.07. The van der Waals surface area contributed by atoms with Crippen molar-refractivity contribution in [3.63, 3.8) is 0 Å². The molecule has 0 spiro atoms. The average molecular weight is 270 g/mol. The van der Waals surface area contributed by atoms with Gasteiger partial charge in [-0.2, -0.15) is 0 Å². The Labute approximate surface area is 109 Å². The molecule has 0 saturated heterocycles. The van der Waals surface area contributed by atoms with Crippen LogP contribution in [-0.4, -0.2) is 23.3 Å². The van der Waals surface area contributed by atoms with Crippen LogP contribution >= 0.6 is 11.6 Å². The van der Waals surface area contributed by atoms with Gasteiger partial charge in [0, 0.05) is 26.0 Å². The number of imidazole rings is 1. The average Bonchev–Trinajstić information content (AvgIpc) is 2.79. The summed E-state index contributed by atoms with van der Waals surface area (Å²) in [6, 6.07) is 4.14. The maximum Gasteiger partial charge on any atom is 0.207 e. The van der Waals surface area contributed by atoms with Crippen molar-refractivity contribution in [2.45, 2.75) is 6.54 Å². The van der Waals surface area contributed by atoms with Crippen LogP contribution in [0.25, 0.3) is 0 Å². The van der Waals surface area contributed by atoms with Crippen LogP contribution in [0.2, 0.25) is 5.02 Å². The van der Waals surface area contributed by atoms with E-state index in [4.69, 9.17) is 16.3 Å². The van der Waals surface area contributed by atoms with Crippen LogP contribution in [0.5, 0.6) is 0 Å². The van der Waals surface area contributed by atoms with E-state index < -0.39 is 0 Å². The first-order valence-electron chi connectivity index (χ1n) is 5.43. The third-order valence-electron chi connectivity index (χ3n) is 2.43. The Hall–Kier alpha value is -1.59. The van der Waals surface area contributed by atoms with Gasteiger partial charge in [0.15, 0.2) is 0 Å². The minimum Gasteiger partial charge on any atom is -0.383 e. The molecule has 0 unspecified atom stereocenters. The lowest BCUT2D eigenvalue weighted by atomic mass is 10.3. The number of anilines is 2. The van der Waals surface area contributed by atoms with E-state index >= 15 is 0 Å². The summed E-state index contributed by atoms with van der Waals surface area (Å²) in [5.74, 6) is 0.247. The number of aromatic nitrogens is 2. The van der Waals surface area contributed by atoms with Gasteiger partial charge in [-0.25, -0.2) is 9.37 Å². The van der Waals surface area contributed by atoms with Crippen LogP contribution < -0.4 is 5.32 Å². The highest BCUT2D eigenvalue weighted by Crippen LogP contribution is 2.25. The van der Waals surface area contributed by atoms with Crippen LogP contribution in [0.15, 0.2) is 30.6 Å². The van der Waals surface area contributed by atoms with Gasteiger partial charge in [0.1, 0.15) is 5.82 Å². The van der Waals surface area contributed by atoms with E-state index in [-0.39, 0.29) is 5.82 Å². The van der Waals surface area contributed by atoms with Crippen molar-refractivity contribution in [2.24, 2.45) is 0 Å². The second-order valence-electron chi connectivity index (χ2n) is 3.69. The van der Waals surface area contributed by atoms with E-state index in [1.165, 1.54) is 18.2 Å². The lowest BCUT2D eigenvalue weighted by molar-refractivity contribution is 0.188. The summed E-state index contributed by atoms with van der Waals surface area (Å²) in [5.41, 5.74) is 0.488. The van der Waals surface area contributed by atoms with Gasteiger partial charge in [-0.05, 0) is 18.2 Å². The quantitative estimate of drug-likeness (QED) is 0.907. The molecule has 0 aliphatic heterocycles. The van der Waals surface area contributed by atoms with Crippen LogP contribution in [0.4, 0.5) is 16.0 Å². The fraction of sp³-hybridized carbons (Fsp3) is 0.250. The van der Waals surface area contributed by atoms with E-state index in [2.05, 4.69) is 10.3 Å². The van der Waals surface area contributed by atoms with E-state index in [0.29, 0.717) is 29.8 Å². The van der Waals surface area contributed by atoms with E-state index in [1.807, 2.05) is 10.8 Å². The Morgan fingerprint density at radius 1 is 1.50 bits per heavy atom. The Morgan fingerprint density at radius 3 is 3.11 bits per heavy atom. The van der Waals surface area contributed by atoms with Gasteiger partial charge < -0.3 is 14.6 Å². The maximum atomic E-state index is 13.1. The minimum atomic E-state index is -0.350. The standard InChI is InChI=1S/C12H13ClFN3O/c1-18-7-6-17-5-4-15-12(17)16-11-8-9(14)2-3-10(11)13/h2-5,8H,6-7H2,1H3,(H,15,16). The van der Waals surface area contributed by atoms with Gasteiger partial charge in [0.05, 0.1) is 17.3 Å². The lowest BCUT2D eigenvalue weighted by Gasteiger charge is -2.10. The van der Waals surface area contributed by atoms with Gasteiger partial charge >= 0.3 is 0 Å². The number of ether oxygens (including phenoxy) is 1. The Kier molecular flexibility index (Phi) is 4.17. The summed E-state index contributed by atoms with van der Waals surface area (Å²) < 4.78 is 20.0. The number of nitrogens with zero attached hydrogens (tertiary/aromatic N) is 2. The molecular formula is C12H13ClFN3O. The number of rotatable bonds is 5. The number of halogens is 2. The smallest absolute Gasteiger partial charge is 0.207 e. The summed E-state index contributed by atoms with van der Waals surface area (Å²) in [6.45, 7) is 1.23. The molecule has 1 aromatic heterocycles. The van der Waals surface area contributed by atoms with E-state index in [0.717, 1.165) is 0 Å². The molecule has 1 aromatic carbocycles. The fourth-order valence-corrected chi connectivity index (χ4v) is 1.68. The zero-order valence-corrected chi connectivity index (χ0v) is 10.6. The second kappa shape index (κ2) is 5.84. The molecule has 0 aliphatic carbocycles. The van der Waals surface area contributed by atoms with Crippen molar-refractivity contribution >= 4 is 23.2 Å². The normalized spacial score (nSPS) is 10.6. The van der Waals surface area contributed by atoms with E-state index in [1.54, 1.807) is 13.3 Å². The van der Waals surface area contributed by atoms with Crippen molar-refractivity contribution in [3.05, 3.63) is 41.4 Å². The van der Waals surface area contributed by atoms with Crippen molar-refractivity contribution in [1.82, 2.24) is 9.55 Å². The van der Waals surface area contributed by atoms with Crippen molar-refractivity contribution in [3.8, 4) is 0 Å². The van der Waals surface area contributed by atoms with Crippen molar-refractivity contribution in [1.29, 1.82) is 0 Å². The fourth-order valence-electron chi connectivity index (χ4n) is 1.52. The zero-order chi connectivity index (χ0) is 13.0. The number of methoxy groups -OCH3 is 1. The summed E-state index contributed by atoms with van der Waals surface area (Å²) in [6.07, 6.45) is 3.47. The van der Waals surface area contributed by atoms with Crippen LogP contribution in [0, 0.1) is 5.82 Å². The summed E-state index contributed by atoms with van der Waals surface area (Å²) in [4.78, 5) is 4.15. The molecule has 2 rings (SSSR count). The number of hydrogen-bond acceptors (Lipinski definition) is 3. The molecule has 0 aliphatic rings. The maximum absolute atomic E-state index is 13.1. The largest absolute Gasteiger partial charge is 0.383 e. The van der Waals surface area contributed by atoms with Crippen LogP contribution in [-0.2, 0) is 11.3 Å². The molecular weight excluding hydrogens is 257 g/mol. The van der Waals surface area contributed by atoms with Gasteiger partial charge in [0.25, 0.3) is 0 Å². The van der Waals surface area contributed by atoms with Gasteiger partial charge in [-0.15, -0.1) is 0 Å². The number of nitrogens with one attached hydrogen (secondary N) is 1. The van der Waals surface area contributed by atoms with Gasteiger partial charge in [0.2, 0.25) is 5.95 Å². The molecule has 1 heterocycles. The van der Waals surface area contributed by atoms with Crippen LogP contribution in [0.1, 0.15) is 0 Å². The predicted molar refractivity (Wildman–Crippen MR) is 68.8 cm³/mol. The molecule has 2 aromatic rings. The van der Waals surface area contributed by atoms with Gasteiger partial charge in [-0.3, -0.25) is 0 Å². The Balaban J connectivity index is 2.18. The summed E-state index contributed by atoms with van der Waals surface area (Å²) in [7, 11) is 1.63. The monoisotopic (exact) mass is 269 g/mol. The van der Waals surface area contributed by atoms with Crippen LogP contribution in [0.3, 0.4) is 0 Å². The molecule has 4 nitrogen and oxygen atoms in total.